The molecule has 20 heavy (non-hydrogen) atoms. The minimum atomic E-state index is 1.00. The minimum Gasteiger partial charge on any atom is -0.317 e. The van der Waals surface area contributed by atoms with E-state index in [4.69, 9.17) is 0 Å². The van der Waals surface area contributed by atoms with Crippen LogP contribution >= 0.6 is 15.9 Å². The van der Waals surface area contributed by atoms with Gasteiger partial charge in [-0.1, -0.05) is 58.4 Å². The third-order valence-corrected chi connectivity index (χ3v) is 4.15. The predicted octanol–water partition coefficient (Wildman–Crippen LogP) is 5.22. The Morgan fingerprint density at radius 1 is 0.900 bits per heavy atom. The number of nitrogens with zero attached hydrogens (tertiary/aromatic N) is 1. The van der Waals surface area contributed by atoms with Crippen molar-refractivity contribution >= 4 is 27.3 Å². The van der Waals surface area contributed by atoms with Crippen molar-refractivity contribution in [3.05, 3.63) is 71.9 Å². The summed E-state index contributed by atoms with van der Waals surface area (Å²) in [6.45, 7) is 0. The van der Waals surface area contributed by atoms with Gasteiger partial charge < -0.3 is 4.90 Å². The van der Waals surface area contributed by atoms with E-state index in [2.05, 4.69) is 81.6 Å². The topological polar surface area (TPSA) is 3.24 Å². The van der Waals surface area contributed by atoms with Gasteiger partial charge in [0, 0.05) is 22.9 Å². The number of hydrogen-bond donors (Lipinski definition) is 0. The molecule has 3 rings (SSSR count). The maximum absolute atomic E-state index is 3.48. The maximum atomic E-state index is 3.48. The van der Waals surface area contributed by atoms with E-state index < -0.39 is 0 Å². The van der Waals surface area contributed by atoms with Gasteiger partial charge in [0.25, 0.3) is 0 Å². The average molecular weight is 328 g/mol. The Hall–Kier alpha value is -1.54. The molecule has 2 aromatic rings. The van der Waals surface area contributed by atoms with Crippen LogP contribution in [-0.2, 0) is 12.8 Å². The Morgan fingerprint density at radius 2 is 1.45 bits per heavy atom. The monoisotopic (exact) mass is 327 g/mol. The first-order valence-corrected chi connectivity index (χ1v) is 8.20. The summed E-state index contributed by atoms with van der Waals surface area (Å²) in [5.74, 6) is 0. The summed E-state index contributed by atoms with van der Waals surface area (Å²) >= 11 is 3.48. The second-order valence-electron chi connectivity index (χ2n) is 4.99. The number of halogens is 1. The molecule has 0 atom stereocenters. The lowest BCUT2D eigenvalue weighted by Crippen LogP contribution is -2.10. The van der Waals surface area contributed by atoms with E-state index in [0.717, 1.165) is 24.6 Å². The number of anilines is 2. The molecule has 102 valence electrons. The molecular weight excluding hydrogens is 310 g/mol. The summed E-state index contributed by atoms with van der Waals surface area (Å²) in [7, 11) is 0. The van der Waals surface area contributed by atoms with Crippen LogP contribution in [0.4, 0.5) is 11.4 Å². The lowest BCUT2D eigenvalue weighted by Gasteiger charge is -2.23. The fourth-order valence-corrected chi connectivity index (χ4v) is 2.98. The summed E-state index contributed by atoms with van der Waals surface area (Å²) in [4.78, 5) is 2.33. The van der Waals surface area contributed by atoms with Crippen molar-refractivity contribution in [2.45, 2.75) is 19.3 Å². The first kappa shape index (κ1) is 13.4. The molecule has 0 aromatic heterocycles. The van der Waals surface area contributed by atoms with E-state index in [-0.39, 0.29) is 0 Å². The van der Waals surface area contributed by atoms with Crippen LogP contribution in [-0.4, -0.2) is 5.33 Å². The van der Waals surface area contributed by atoms with Crippen molar-refractivity contribution in [3.63, 3.8) is 0 Å². The summed E-state index contributed by atoms with van der Waals surface area (Å²) in [5.41, 5.74) is 5.46. The summed E-state index contributed by atoms with van der Waals surface area (Å²) < 4.78 is 0. The lowest BCUT2D eigenvalue weighted by atomic mass is 10.0. The van der Waals surface area contributed by atoms with Crippen LogP contribution < -0.4 is 4.90 Å². The Labute approximate surface area is 129 Å². The quantitative estimate of drug-likeness (QED) is 0.698. The number of hydrogen-bond acceptors (Lipinski definition) is 1. The van der Waals surface area contributed by atoms with Gasteiger partial charge in [0.05, 0.1) is 0 Å². The zero-order valence-electron chi connectivity index (χ0n) is 11.4. The third-order valence-electron chi connectivity index (χ3n) is 3.70. The molecule has 1 aliphatic heterocycles. The van der Waals surface area contributed by atoms with Gasteiger partial charge in [-0.15, -0.1) is 0 Å². The second kappa shape index (κ2) is 6.27. The summed E-state index contributed by atoms with van der Waals surface area (Å²) in [6.07, 6.45) is 7.70. The first-order chi connectivity index (χ1) is 9.90. The van der Waals surface area contributed by atoms with Gasteiger partial charge >= 0.3 is 0 Å². The van der Waals surface area contributed by atoms with Gasteiger partial charge in [0.2, 0.25) is 0 Å². The normalized spacial score (nSPS) is 13.9. The molecule has 0 radical (unpaired) electrons. The van der Waals surface area contributed by atoms with Gasteiger partial charge in [-0.2, -0.15) is 0 Å². The zero-order valence-corrected chi connectivity index (χ0v) is 13.0. The highest BCUT2D eigenvalue weighted by molar-refractivity contribution is 9.09. The van der Waals surface area contributed by atoms with Crippen molar-refractivity contribution in [2.24, 2.45) is 0 Å². The van der Waals surface area contributed by atoms with Crippen LogP contribution in [0, 0.1) is 0 Å². The molecule has 0 bridgehead atoms. The third kappa shape index (κ3) is 2.66. The minimum absolute atomic E-state index is 1.00. The van der Waals surface area contributed by atoms with E-state index in [1.807, 2.05) is 0 Å². The van der Waals surface area contributed by atoms with Crippen molar-refractivity contribution in [1.82, 2.24) is 0 Å². The molecule has 0 N–H and O–H groups in total. The first-order valence-electron chi connectivity index (χ1n) is 7.08. The Morgan fingerprint density at radius 3 is 2.00 bits per heavy atom. The molecule has 1 heterocycles. The number of aryl methyl sites for hydroxylation is 2. The number of benzene rings is 2. The molecule has 0 fully saturated rings. The second-order valence-corrected chi connectivity index (χ2v) is 5.78. The molecule has 0 amide bonds. The van der Waals surface area contributed by atoms with Gasteiger partial charge in [-0.25, -0.2) is 0 Å². The van der Waals surface area contributed by atoms with Gasteiger partial charge in [-0.3, -0.25) is 0 Å². The van der Waals surface area contributed by atoms with Crippen LogP contribution in [0.1, 0.15) is 17.5 Å². The molecule has 1 aliphatic rings. The van der Waals surface area contributed by atoms with Crippen LogP contribution in [0.15, 0.2) is 60.8 Å². The van der Waals surface area contributed by atoms with E-state index in [9.17, 15) is 0 Å². The molecule has 0 unspecified atom stereocenters. The number of rotatable bonds is 3. The molecule has 0 saturated carbocycles. The molecule has 0 aliphatic carbocycles. The molecule has 2 heteroatoms. The highest BCUT2D eigenvalue weighted by Gasteiger charge is 2.17. The Kier molecular flexibility index (Phi) is 4.22. The zero-order chi connectivity index (χ0) is 13.8. The van der Waals surface area contributed by atoms with Crippen LogP contribution in [0.25, 0.3) is 0 Å². The Balaban J connectivity index is 2.09. The fraction of sp³-hybridized carbons (Fsp3) is 0.222. The molecular formula is C18H18BrN. The SMILES string of the molecule is BrCCC=CN1c2ccccc2CCc2ccccc21. The smallest absolute Gasteiger partial charge is 0.0487 e. The van der Waals surface area contributed by atoms with E-state index >= 15 is 0 Å². The largest absolute Gasteiger partial charge is 0.317 e. The number of allylic oxidation sites excluding steroid dienone is 1. The van der Waals surface area contributed by atoms with Crippen LogP contribution in [0.5, 0.6) is 0 Å². The van der Waals surface area contributed by atoms with E-state index in [1.165, 1.54) is 22.5 Å². The van der Waals surface area contributed by atoms with Gasteiger partial charge in [0.1, 0.15) is 0 Å². The summed E-state index contributed by atoms with van der Waals surface area (Å²) in [5, 5.41) is 1.00. The fourth-order valence-electron chi connectivity index (χ4n) is 2.72. The lowest BCUT2D eigenvalue weighted by molar-refractivity contribution is 0.977. The maximum Gasteiger partial charge on any atom is 0.0487 e. The highest BCUT2D eigenvalue weighted by Crippen LogP contribution is 2.36. The van der Waals surface area contributed by atoms with Gasteiger partial charge in [0.15, 0.2) is 0 Å². The molecule has 0 spiro atoms. The van der Waals surface area contributed by atoms with E-state index in [1.54, 1.807) is 0 Å². The summed E-state index contributed by atoms with van der Waals surface area (Å²) in [6, 6.07) is 17.4. The number of alkyl halides is 1. The van der Waals surface area contributed by atoms with Crippen molar-refractivity contribution in [3.8, 4) is 0 Å². The van der Waals surface area contributed by atoms with Crippen molar-refractivity contribution in [2.75, 3.05) is 10.2 Å². The van der Waals surface area contributed by atoms with Crippen molar-refractivity contribution < 1.29 is 0 Å². The predicted molar refractivity (Wildman–Crippen MR) is 90.0 cm³/mol. The Bertz CT molecular complexity index is 571. The van der Waals surface area contributed by atoms with Crippen molar-refractivity contribution in [1.29, 1.82) is 0 Å². The van der Waals surface area contributed by atoms with Crippen LogP contribution in [0.2, 0.25) is 0 Å². The standard InChI is InChI=1S/C18H18BrN/c19-13-5-6-14-20-17-9-3-1-7-15(17)11-12-16-8-2-4-10-18(16)20/h1-4,6-10,14H,5,11-13H2. The van der Waals surface area contributed by atoms with Crippen LogP contribution in [0.3, 0.4) is 0 Å². The molecule has 2 aromatic carbocycles. The molecule has 0 saturated heterocycles. The number of para-hydroxylation sites is 2. The number of fused-ring (bicyclic) bond motifs is 2. The average Bonchev–Trinajstić information content (AvgIpc) is 2.66. The highest BCUT2D eigenvalue weighted by atomic mass is 79.9. The molecule has 1 nitrogen and oxygen atoms in total. The van der Waals surface area contributed by atoms with Gasteiger partial charge in [-0.05, 0) is 42.5 Å². The van der Waals surface area contributed by atoms with E-state index in [0.29, 0.717) is 0 Å².